The summed E-state index contributed by atoms with van der Waals surface area (Å²) in [5.41, 5.74) is 1.66. The van der Waals surface area contributed by atoms with E-state index in [-0.39, 0.29) is 28.9 Å². The number of nitrogens with one attached hydrogen (secondary N) is 1. The molecule has 5 rings (SSSR count). The molecule has 4 saturated carbocycles. The Labute approximate surface area is 230 Å². The lowest BCUT2D eigenvalue weighted by Crippen LogP contribution is -2.58. The Kier molecular flexibility index (Phi) is 8.18. The molecule has 0 saturated heterocycles. The van der Waals surface area contributed by atoms with Gasteiger partial charge in [0.1, 0.15) is 5.75 Å². The molecular weight excluding hydrogens is 474 g/mol. The SMILES string of the molecule is COc1ccccc1CCNC(=O)CC[C@@H](C)[C@@H]1CC[C@@H]2[C@H]3[C@@H](CC[C@@]21C)[C@@]1(C)CC[C@@H](O)C[C@@H]1C[C@@H]3O. The number of hydrogen-bond acceptors (Lipinski definition) is 4. The maximum Gasteiger partial charge on any atom is 0.220 e. The van der Waals surface area contributed by atoms with Gasteiger partial charge in [-0.05, 0) is 122 Å². The summed E-state index contributed by atoms with van der Waals surface area (Å²) in [6, 6.07) is 8.00. The largest absolute Gasteiger partial charge is 0.496 e. The van der Waals surface area contributed by atoms with Gasteiger partial charge in [0.2, 0.25) is 5.91 Å². The summed E-state index contributed by atoms with van der Waals surface area (Å²) in [5.74, 6) is 4.20. The Morgan fingerprint density at radius 2 is 1.79 bits per heavy atom. The van der Waals surface area contributed by atoms with Crippen LogP contribution in [-0.2, 0) is 11.2 Å². The van der Waals surface area contributed by atoms with E-state index < -0.39 is 0 Å². The van der Waals surface area contributed by atoms with Crippen molar-refractivity contribution >= 4 is 5.91 Å². The predicted octanol–water partition coefficient (Wildman–Crippen LogP) is 5.76. The highest BCUT2D eigenvalue weighted by atomic mass is 16.5. The number of para-hydroxylation sites is 1. The highest BCUT2D eigenvalue weighted by Gasteiger charge is 2.62. The van der Waals surface area contributed by atoms with E-state index >= 15 is 0 Å². The van der Waals surface area contributed by atoms with Crippen LogP contribution in [0.5, 0.6) is 5.75 Å². The molecule has 212 valence electrons. The van der Waals surface area contributed by atoms with Gasteiger partial charge in [0.25, 0.3) is 0 Å². The summed E-state index contributed by atoms with van der Waals surface area (Å²) < 4.78 is 5.43. The van der Waals surface area contributed by atoms with Gasteiger partial charge >= 0.3 is 0 Å². The van der Waals surface area contributed by atoms with Crippen molar-refractivity contribution in [2.75, 3.05) is 13.7 Å². The molecule has 1 aromatic carbocycles. The Balaban J connectivity index is 1.16. The molecule has 0 spiro atoms. The fourth-order valence-electron chi connectivity index (χ4n) is 10.1. The Morgan fingerprint density at radius 1 is 1.05 bits per heavy atom. The molecule has 1 amide bonds. The second kappa shape index (κ2) is 11.1. The van der Waals surface area contributed by atoms with Crippen LogP contribution in [0.3, 0.4) is 0 Å². The van der Waals surface area contributed by atoms with E-state index in [1.807, 2.05) is 18.2 Å². The summed E-state index contributed by atoms with van der Waals surface area (Å²) in [5, 5.41) is 24.9. The van der Waals surface area contributed by atoms with Gasteiger partial charge in [-0.2, -0.15) is 0 Å². The first-order valence-corrected chi connectivity index (χ1v) is 15.4. The Bertz CT molecular complexity index is 981. The van der Waals surface area contributed by atoms with E-state index in [9.17, 15) is 15.0 Å². The molecule has 0 heterocycles. The van der Waals surface area contributed by atoms with E-state index in [1.165, 1.54) is 25.7 Å². The third-order valence-electron chi connectivity index (χ3n) is 12.2. The van der Waals surface area contributed by atoms with E-state index in [4.69, 9.17) is 4.74 Å². The van der Waals surface area contributed by atoms with Crippen molar-refractivity contribution in [1.82, 2.24) is 5.32 Å². The number of aliphatic hydroxyl groups is 2. The number of hydrogen-bond donors (Lipinski definition) is 3. The molecule has 0 radical (unpaired) electrons. The monoisotopic (exact) mass is 525 g/mol. The second-order valence-electron chi connectivity index (χ2n) is 13.9. The number of ether oxygens (including phenoxy) is 1. The number of carbonyl (C=O) groups excluding carboxylic acids is 1. The van der Waals surface area contributed by atoms with E-state index in [2.05, 4.69) is 32.2 Å². The van der Waals surface area contributed by atoms with Crippen LogP contribution in [-0.4, -0.2) is 42.0 Å². The molecule has 0 aliphatic heterocycles. The van der Waals surface area contributed by atoms with Crippen molar-refractivity contribution in [1.29, 1.82) is 0 Å². The zero-order chi connectivity index (χ0) is 27.1. The standard InChI is InChI=1S/C33H51NO4/c1-21(9-12-30(37)34-18-15-22-7-5-6-8-29(22)38-4)25-10-11-26-31-27(14-17-33(25,26)3)32(2)16-13-24(35)19-23(32)20-28(31)36/h5-8,21,23-28,31,35-36H,9-20H2,1-4H3,(H,34,37)/t21-,23-,24-,25+,26-,27-,28+,31+,32+,33-/m1/s1. The minimum atomic E-state index is -0.226. The second-order valence-corrected chi connectivity index (χ2v) is 13.9. The number of rotatable bonds is 8. The van der Waals surface area contributed by atoms with Crippen LogP contribution in [0.1, 0.15) is 90.5 Å². The van der Waals surface area contributed by atoms with Crippen LogP contribution in [0.15, 0.2) is 24.3 Å². The summed E-state index contributed by atoms with van der Waals surface area (Å²) in [7, 11) is 1.69. The molecular formula is C33H51NO4. The van der Waals surface area contributed by atoms with E-state index in [0.29, 0.717) is 48.5 Å². The molecule has 4 fully saturated rings. The van der Waals surface area contributed by atoms with E-state index in [0.717, 1.165) is 49.8 Å². The summed E-state index contributed by atoms with van der Waals surface area (Å²) in [6.07, 6.45) is 10.6. The van der Waals surface area contributed by atoms with Gasteiger partial charge < -0.3 is 20.3 Å². The lowest BCUT2D eigenvalue weighted by atomic mass is 9.43. The van der Waals surface area contributed by atoms with Crippen molar-refractivity contribution in [3.05, 3.63) is 29.8 Å². The molecule has 0 bridgehead atoms. The summed E-state index contributed by atoms with van der Waals surface area (Å²) in [6.45, 7) is 8.00. The fraction of sp³-hybridized carbons (Fsp3) is 0.788. The third kappa shape index (κ3) is 5.03. The Hall–Kier alpha value is -1.59. The fourth-order valence-corrected chi connectivity index (χ4v) is 10.1. The van der Waals surface area contributed by atoms with Gasteiger partial charge in [-0.3, -0.25) is 4.79 Å². The van der Waals surface area contributed by atoms with Crippen molar-refractivity contribution in [2.45, 2.75) is 104 Å². The molecule has 1 aromatic rings. The topological polar surface area (TPSA) is 78.8 Å². The smallest absolute Gasteiger partial charge is 0.220 e. The van der Waals surface area contributed by atoms with E-state index in [1.54, 1.807) is 7.11 Å². The number of benzene rings is 1. The number of aliphatic hydroxyl groups excluding tert-OH is 2. The van der Waals surface area contributed by atoms with Gasteiger partial charge in [0.15, 0.2) is 0 Å². The molecule has 4 aliphatic rings. The zero-order valence-electron chi connectivity index (χ0n) is 24.1. The maximum atomic E-state index is 12.7. The van der Waals surface area contributed by atoms with Crippen LogP contribution >= 0.6 is 0 Å². The number of amides is 1. The highest BCUT2D eigenvalue weighted by molar-refractivity contribution is 5.75. The first kappa shape index (κ1) is 28.0. The molecule has 0 unspecified atom stereocenters. The van der Waals surface area contributed by atoms with Gasteiger partial charge in [0, 0.05) is 13.0 Å². The zero-order valence-corrected chi connectivity index (χ0v) is 24.1. The van der Waals surface area contributed by atoms with Gasteiger partial charge in [0.05, 0.1) is 19.3 Å². The van der Waals surface area contributed by atoms with Gasteiger partial charge in [-0.25, -0.2) is 0 Å². The summed E-state index contributed by atoms with van der Waals surface area (Å²) >= 11 is 0. The van der Waals surface area contributed by atoms with Crippen LogP contribution < -0.4 is 10.1 Å². The number of fused-ring (bicyclic) bond motifs is 5. The van der Waals surface area contributed by atoms with Crippen molar-refractivity contribution in [3.8, 4) is 5.75 Å². The molecule has 5 nitrogen and oxygen atoms in total. The molecule has 4 aliphatic carbocycles. The third-order valence-corrected chi connectivity index (χ3v) is 12.2. The first-order valence-electron chi connectivity index (χ1n) is 15.4. The van der Waals surface area contributed by atoms with Gasteiger partial charge in [-0.1, -0.05) is 39.0 Å². The number of carbonyl (C=O) groups is 1. The van der Waals surface area contributed by atoms with Crippen LogP contribution in [0.2, 0.25) is 0 Å². The Morgan fingerprint density at radius 3 is 2.58 bits per heavy atom. The average Bonchev–Trinajstić information content (AvgIpc) is 3.26. The normalized spacial score (nSPS) is 40.9. The summed E-state index contributed by atoms with van der Waals surface area (Å²) in [4.78, 5) is 12.7. The molecule has 10 atom stereocenters. The maximum absolute atomic E-state index is 12.7. The van der Waals surface area contributed by atoms with Gasteiger partial charge in [-0.15, -0.1) is 0 Å². The van der Waals surface area contributed by atoms with Crippen LogP contribution in [0.4, 0.5) is 0 Å². The molecule has 5 heteroatoms. The minimum absolute atomic E-state index is 0.149. The lowest BCUT2D eigenvalue weighted by Gasteiger charge is -2.62. The lowest BCUT2D eigenvalue weighted by molar-refractivity contribution is -0.174. The van der Waals surface area contributed by atoms with Crippen LogP contribution in [0, 0.1) is 46.3 Å². The first-order chi connectivity index (χ1) is 18.2. The average molecular weight is 526 g/mol. The quantitative estimate of drug-likeness (QED) is 0.403. The van der Waals surface area contributed by atoms with Crippen molar-refractivity contribution in [2.24, 2.45) is 46.3 Å². The van der Waals surface area contributed by atoms with Crippen molar-refractivity contribution in [3.63, 3.8) is 0 Å². The predicted molar refractivity (Wildman–Crippen MR) is 151 cm³/mol. The number of methoxy groups -OCH3 is 1. The molecule has 3 N–H and O–H groups in total. The van der Waals surface area contributed by atoms with Crippen LogP contribution in [0.25, 0.3) is 0 Å². The molecule has 0 aromatic heterocycles. The van der Waals surface area contributed by atoms with Crippen molar-refractivity contribution < 1.29 is 19.7 Å². The minimum Gasteiger partial charge on any atom is -0.496 e. The molecule has 38 heavy (non-hydrogen) atoms. The highest BCUT2D eigenvalue weighted by Crippen LogP contribution is 2.68.